The average Bonchev–Trinajstić information content (AvgIpc) is 1.38. The minimum atomic E-state index is 0. The van der Waals surface area contributed by atoms with Crippen LogP contribution in [0.25, 0.3) is 0 Å². The first kappa shape index (κ1) is 15.7. The monoisotopic (exact) mass is 108 g/mol. The van der Waals surface area contributed by atoms with Gasteiger partial charge in [0.1, 0.15) is 0 Å². The van der Waals surface area contributed by atoms with E-state index in [9.17, 15) is 0 Å². The van der Waals surface area contributed by atoms with Gasteiger partial charge in [-0.1, -0.05) is 20.1 Å². The summed E-state index contributed by atoms with van der Waals surface area (Å²) in [6.07, 6.45) is 2.08. The van der Waals surface area contributed by atoms with Crippen molar-refractivity contribution in [2.75, 3.05) is 0 Å². The third kappa shape index (κ3) is 20.0. The predicted octanol–water partition coefficient (Wildman–Crippen LogP) is -2.48. The Morgan fingerprint density at radius 3 is 1.43 bits per heavy atom. The van der Waals surface area contributed by atoms with Gasteiger partial charge in [-0.15, -0.1) is 0 Å². The summed E-state index contributed by atoms with van der Waals surface area (Å²) in [7, 11) is 0. The Kier molecular flexibility index (Phi) is 22.2. The summed E-state index contributed by atoms with van der Waals surface area (Å²) in [5.74, 6) is 0. The molecular weight excluding hydrogens is 93.9 g/mol. The summed E-state index contributed by atoms with van der Waals surface area (Å²) in [4.78, 5) is 0. The Hall–Kier alpha value is 0.805. The van der Waals surface area contributed by atoms with Crippen molar-refractivity contribution in [3.63, 3.8) is 0 Å². The Balaban J connectivity index is -0.0000000800. The van der Waals surface area contributed by atoms with Crippen molar-refractivity contribution < 1.29 is 29.6 Å². The zero-order valence-corrected chi connectivity index (χ0v) is 7.08. The van der Waals surface area contributed by atoms with E-state index in [1.807, 2.05) is 6.92 Å². The average molecular weight is 108 g/mol. The predicted molar refractivity (Wildman–Crippen MR) is 36.4 cm³/mol. The smallest absolute Gasteiger partial charge is 0.0890 e. The second-order valence-electron chi connectivity index (χ2n) is 1.37. The molecule has 0 unspecified atom stereocenters. The van der Waals surface area contributed by atoms with Crippen LogP contribution in [0.3, 0.4) is 0 Å². The molecule has 0 aromatic carbocycles. The largest absolute Gasteiger partial charge is 1.00 e. The zero-order chi connectivity index (χ0) is 4.28. The van der Waals surface area contributed by atoms with Crippen LogP contribution in [0.4, 0.5) is 0 Å². The zero-order valence-electron chi connectivity index (χ0n) is 5.08. The minimum absolute atomic E-state index is 0. The van der Waals surface area contributed by atoms with Gasteiger partial charge in [-0.3, -0.25) is 0 Å². The second kappa shape index (κ2) is 9.93. The molecule has 2 heteroatoms. The van der Waals surface area contributed by atoms with E-state index in [4.69, 9.17) is 0 Å². The molecule has 0 radical (unpaired) electrons. The maximum absolute atomic E-state index is 2.08. The van der Waals surface area contributed by atoms with Crippen LogP contribution in [0.2, 0.25) is 0 Å². The van der Waals surface area contributed by atoms with Crippen LogP contribution < -0.4 is 29.6 Å². The molecule has 7 heavy (non-hydrogen) atoms. The van der Waals surface area contributed by atoms with Gasteiger partial charge < -0.3 is 0 Å². The van der Waals surface area contributed by atoms with Crippen LogP contribution in [0.5, 0.6) is 0 Å². The Morgan fingerprint density at radius 1 is 1.29 bits per heavy atom. The van der Waals surface area contributed by atoms with Gasteiger partial charge in [0.25, 0.3) is 0 Å². The van der Waals surface area contributed by atoms with Crippen LogP contribution in [-0.4, -0.2) is 8.41 Å². The molecule has 0 aromatic heterocycles. The van der Waals surface area contributed by atoms with Gasteiger partial charge >= 0.3 is 29.6 Å². The van der Waals surface area contributed by atoms with Crippen molar-refractivity contribution in [2.24, 2.45) is 0 Å². The van der Waals surface area contributed by atoms with Crippen molar-refractivity contribution in [3.8, 4) is 0 Å². The molecule has 0 bridgehead atoms. The van der Waals surface area contributed by atoms with Crippen LogP contribution in [0, 0.1) is 0 Å². The Labute approximate surface area is 70.2 Å². The van der Waals surface area contributed by atoms with E-state index in [0.717, 1.165) is 0 Å². The van der Waals surface area contributed by atoms with Crippen LogP contribution in [0.1, 0.15) is 20.8 Å². The van der Waals surface area contributed by atoms with Gasteiger partial charge in [0.2, 0.25) is 0 Å². The van der Waals surface area contributed by atoms with Crippen LogP contribution >= 0.6 is 0 Å². The molecule has 0 aromatic rings. The summed E-state index contributed by atoms with van der Waals surface area (Å²) in [5, 5.41) is 0. The summed E-state index contributed by atoms with van der Waals surface area (Å²) < 4.78 is 0. The van der Waals surface area contributed by atoms with Gasteiger partial charge in [0.15, 0.2) is 0 Å². The van der Waals surface area contributed by atoms with Crippen molar-refractivity contribution in [2.45, 2.75) is 20.8 Å². The molecule has 0 nitrogen and oxygen atoms in total. The molecule has 0 saturated carbocycles. The first-order valence-corrected chi connectivity index (χ1v) is 1.87. The molecule has 0 aliphatic carbocycles. The fraction of sp³-hybridized carbons (Fsp3) is 0.600. The molecule has 0 N–H and O–H groups in total. The van der Waals surface area contributed by atoms with E-state index in [1.54, 1.807) is 0 Å². The molecule has 0 spiro atoms. The van der Waals surface area contributed by atoms with Crippen LogP contribution in [0.15, 0.2) is 11.6 Å². The van der Waals surface area contributed by atoms with Gasteiger partial charge in [-0.25, -0.2) is 0 Å². The second-order valence-corrected chi connectivity index (χ2v) is 1.37. The summed E-state index contributed by atoms with van der Waals surface area (Å²) >= 11 is 0. The molecular formula is C5H14BNa. The summed E-state index contributed by atoms with van der Waals surface area (Å²) in [6.45, 7) is 6.20. The molecule has 38 valence electrons. The quantitative estimate of drug-likeness (QED) is 0.238. The normalized spacial score (nSPS) is 5.00. The van der Waals surface area contributed by atoms with E-state index in [1.165, 1.54) is 5.57 Å². The van der Waals surface area contributed by atoms with E-state index >= 15 is 0 Å². The molecule has 0 aliphatic rings. The fourth-order valence-electron chi connectivity index (χ4n) is 0. The molecule has 0 atom stereocenters. The molecule has 0 saturated heterocycles. The van der Waals surface area contributed by atoms with E-state index < -0.39 is 0 Å². The molecule has 0 aliphatic heterocycles. The van der Waals surface area contributed by atoms with E-state index in [0.29, 0.717) is 0 Å². The van der Waals surface area contributed by atoms with Crippen molar-refractivity contribution in [1.29, 1.82) is 0 Å². The van der Waals surface area contributed by atoms with Gasteiger partial charge in [0, 0.05) is 0 Å². The van der Waals surface area contributed by atoms with Gasteiger partial charge in [-0.2, -0.15) is 0 Å². The van der Waals surface area contributed by atoms with Gasteiger partial charge in [-0.05, 0) is 20.8 Å². The topological polar surface area (TPSA) is 0 Å². The van der Waals surface area contributed by atoms with Crippen LogP contribution in [-0.2, 0) is 0 Å². The third-order valence-corrected chi connectivity index (χ3v) is 0.577. The van der Waals surface area contributed by atoms with Crippen molar-refractivity contribution in [3.05, 3.63) is 11.6 Å². The molecule has 0 rings (SSSR count). The molecule has 0 fully saturated rings. The molecule has 0 heterocycles. The maximum atomic E-state index is 2.08. The first-order valence-electron chi connectivity index (χ1n) is 1.87. The Morgan fingerprint density at radius 2 is 1.43 bits per heavy atom. The summed E-state index contributed by atoms with van der Waals surface area (Å²) in [6, 6.07) is 0. The first-order chi connectivity index (χ1) is 2.27. The minimum Gasteiger partial charge on any atom is -0.0890 e. The standard InChI is InChI=1S/C5H10.BH4.Na/c1-4-5(2)3;;/h4H,1-3H3;1H4;/q;-1;+1. The van der Waals surface area contributed by atoms with E-state index in [2.05, 4.69) is 19.9 Å². The number of rotatable bonds is 0. The van der Waals surface area contributed by atoms with Crippen molar-refractivity contribution >= 4 is 8.41 Å². The molecule has 0 amide bonds. The number of allylic oxidation sites excluding steroid dienone is 2. The van der Waals surface area contributed by atoms with Crippen molar-refractivity contribution in [1.82, 2.24) is 0 Å². The number of hydrogen-bond donors (Lipinski definition) is 0. The number of hydrogen-bond acceptors (Lipinski definition) is 0. The van der Waals surface area contributed by atoms with E-state index in [-0.39, 0.29) is 38.0 Å². The van der Waals surface area contributed by atoms with Gasteiger partial charge in [0.05, 0.1) is 0 Å². The maximum Gasteiger partial charge on any atom is 1.00 e. The third-order valence-electron chi connectivity index (χ3n) is 0.577. The fourth-order valence-corrected chi connectivity index (χ4v) is 0. The summed E-state index contributed by atoms with van der Waals surface area (Å²) in [5.41, 5.74) is 1.38. The SMILES string of the molecule is CC=C(C)C.[BH4-].[Na+]. The Bertz CT molecular complexity index is 46.0.